The quantitative estimate of drug-likeness (QED) is 0.576. The van der Waals surface area contributed by atoms with E-state index < -0.39 is 18.2 Å². The summed E-state index contributed by atoms with van der Waals surface area (Å²) in [6.07, 6.45) is -5.04. The first-order valence-corrected chi connectivity index (χ1v) is 9.89. The molecule has 0 spiro atoms. The van der Waals surface area contributed by atoms with Gasteiger partial charge in [-0.05, 0) is 31.4 Å². The van der Waals surface area contributed by atoms with E-state index in [0.29, 0.717) is 13.0 Å². The molecule has 3 rings (SSSR count). The van der Waals surface area contributed by atoms with Gasteiger partial charge in [0.25, 0.3) is 0 Å². The highest BCUT2D eigenvalue weighted by atomic mass is 32.1. The van der Waals surface area contributed by atoms with Crippen LogP contribution in [0.4, 0.5) is 13.2 Å². The number of hydrogen-bond acceptors (Lipinski definition) is 6. The lowest BCUT2D eigenvalue weighted by atomic mass is 10.0. The van der Waals surface area contributed by atoms with Gasteiger partial charge in [0.1, 0.15) is 0 Å². The lowest BCUT2D eigenvalue weighted by Gasteiger charge is -2.18. The molecule has 2 heterocycles. The summed E-state index contributed by atoms with van der Waals surface area (Å²) in [4.78, 5) is 26.5. The van der Waals surface area contributed by atoms with E-state index in [-0.39, 0.29) is 18.0 Å². The molecule has 1 saturated heterocycles. The molecule has 0 aliphatic carbocycles. The lowest BCUT2D eigenvalue weighted by molar-refractivity contribution is -0.192. The molecule has 2 unspecified atom stereocenters. The van der Waals surface area contributed by atoms with E-state index in [1.165, 1.54) is 4.88 Å². The number of halogens is 3. The number of carbonyl (C=O) groups is 2. The van der Waals surface area contributed by atoms with Crippen LogP contribution in [0.25, 0.3) is 10.4 Å². The highest BCUT2D eigenvalue weighted by molar-refractivity contribution is 7.13. The highest BCUT2D eigenvalue weighted by Crippen LogP contribution is 2.28. The highest BCUT2D eigenvalue weighted by Gasteiger charge is 2.38. The molecule has 2 aromatic rings. The van der Waals surface area contributed by atoms with Crippen molar-refractivity contribution in [1.29, 1.82) is 0 Å². The predicted molar refractivity (Wildman–Crippen MR) is 105 cm³/mol. The van der Waals surface area contributed by atoms with E-state index in [2.05, 4.69) is 27.8 Å². The summed E-state index contributed by atoms with van der Waals surface area (Å²) in [7, 11) is 0. The van der Waals surface area contributed by atoms with Crippen molar-refractivity contribution in [1.82, 2.24) is 15.6 Å². The average Bonchev–Trinajstić information content (AvgIpc) is 3.30. The average molecular weight is 445 g/mol. The molecule has 164 valence electrons. The number of carboxylic acids is 1. The Morgan fingerprint density at radius 3 is 2.33 bits per heavy atom. The molecular formula is C19H22F3N3O4S. The third-order valence-corrected chi connectivity index (χ3v) is 5.42. The Balaban J connectivity index is 0.000000396. The number of nitrogens with zero attached hydrogens (tertiary/aromatic N) is 1. The molecule has 1 aromatic carbocycles. The number of carbonyl (C=O) groups excluding carboxylic acids is 1. The second-order valence-corrected chi connectivity index (χ2v) is 7.63. The second kappa shape index (κ2) is 10.0. The summed E-state index contributed by atoms with van der Waals surface area (Å²) in [5, 5.41) is 22.7. The smallest absolute Gasteiger partial charge is 0.475 e. The summed E-state index contributed by atoms with van der Waals surface area (Å²) in [6, 6.07) is 7.84. The van der Waals surface area contributed by atoms with E-state index in [0.717, 1.165) is 16.8 Å². The normalized spacial score (nSPS) is 19.5. The molecule has 0 bridgehead atoms. The van der Waals surface area contributed by atoms with Crippen molar-refractivity contribution in [2.24, 2.45) is 0 Å². The van der Waals surface area contributed by atoms with Crippen molar-refractivity contribution in [3.63, 3.8) is 0 Å². The number of carboxylic acid groups (broad SMARTS) is 1. The molecular weight excluding hydrogens is 423 g/mol. The molecule has 0 saturated carbocycles. The van der Waals surface area contributed by atoms with Gasteiger partial charge in [0.05, 0.1) is 34.3 Å². The summed E-state index contributed by atoms with van der Waals surface area (Å²) in [5.74, 6) is -2.82. The van der Waals surface area contributed by atoms with E-state index in [1.807, 2.05) is 31.5 Å². The van der Waals surface area contributed by atoms with Crippen LogP contribution in [0.15, 0.2) is 29.8 Å². The van der Waals surface area contributed by atoms with Crippen molar-refractivity contribution in [3.05, 3.63) is 41.0 Å². The molecule has 0 radical (unpaired) electrons. The maximum atomic E-state index is 12.2. The van der Waals surface area contributed by atoms with Crippen LogP contribution in [0, 0.1) is 6.92 Å². The zero-order chi connectivity index (χ0) is 22.5. The number of aliphatic carboxylic acids is 1. The SMILES string of the molecule is Cc1ncsc1-c1ccc([C@H](C)NC(=O)C2CC(O)CN2)cc1.O=C(O)C(F)(F)F. The van der Waals surface area contributed by atoms with E-state index in [4.69, 9.17) is 9.90 Å². The number of thiazole rings is 1. The van der Waals surface area contributed by atoms with Gasteiger partial charge in [-0.1, -0.05) is 24.3 Å². The van der Waals surface area contributed by atoms with E-state index in [1.54, 1.807) is 11.3 Å². The van der Waals surface area contributed by atoms with E-state index in [9.17, 15) is 23.1 Å². The van der Waals surface area contributed by atoms with Gasteiger partial charge in [-0.3, -0.25) is 4.79 Å². The number of amides is 1. The third-order valence-electron chi connectivity index (χ3n) is 4.44. The van der Waals surface area contributed by atoms with Gasteiger partial charge in [-0.15, -0.1) is 11.3 Å². The van der Waals surface area contributed by atoms with Gasteiger partial charge in [0.15, 0.2) is 0 Å². The molecule has 1 aliphatic rings. The minimum atomic E-state index is -5.08. The van der Waals surface area contributed by atoms with Crippen LogP contribution in [0.1, 0.15) is 30.6 Å². The number of aliphatic hydroxyl groups is 1. The number of aromatic nitrogens is 1. The molecule has 1 aliphatic heterocycles. The molecule has 1 aromatic heterocycles. The van der Waals surface area contributed by atoms with Crippen molar-refractivity contribution in [3.8, 4) is 10.4 Å². The summed E-state index contributed by atoms with van der Waals surface area (Å²) in [5.41, 5.74) is 5.09. The monoisotopic (exact) mass is 445 g/mol. The largest absolute Gasteiger partial charge is 0.490 e. The Morgan fingerprint density at radius 1 is 1.30 bits per heavy atom. The fraction of sp³-hybridized carbons (Fsp3) is 0.421. The van der Waals surface area contributed by atoms with Gasteiger partial charge in [-0.25, -0.2) is 9.78 Å². The maximum Gasteiger partial charge on any atom is 0.490 e. The Labute approximate surface area is 175 Å². The fourth-order valence-electron chi connectivity index (χ4n) is 2.82. The Bertz CT molecular complexity index is 871. The molecule has 30 heavy (non-hydrogen) atoms. The number of rotatable bonds is 4. The van der Waals surface area contributed by atoms with Crippen LogP contribution in [0.2, 0.25) is 0 Å². The number of aryl methyl sites for hydroxylation is 1. The minimum Gasteiger partial charge on any atom is -0.475 e. The summed E-state index contributed by atoms with van der Waals surface area (Å²) < 4.78 is 31.7. The zero-order valence-corrected chi connectivity index (χ0v) is 17.0. The van der Waals surface area contributed by atoms with Crippen molar-refractivity contribution in [2.75, 3.05) is 6.54 Å². The first kappa shape index (κ1) is 23.8. The van der Waals surface area contributed by atoms with Gasteiger partial charge >= 0.3 is 12.1 Å². The van der Waals surface area contributed by atoms with Crippen molar-refractivity contribution in [2.45, 2.75) is 44.6 Å². The number of β-amino-alcohol motifs (C(OH)–C–C–N with tert-alkyl or cyclic N) is 1. The van der Waals surface area contributed by atoms with Gasteiger partial charge in [0, 0.05) is 6.54 Å². The van der Waals surface area contributed by atoms with E-state index >= 15 is 0 Å². The molecule has 4 N–H and O–H groups in total. The predicted octanol–water partition coefficient (Wildman–Crippen LogP) is 2.65. The topological polar surface area (TPSA) is 112 Å². The number of alkyl halides is 3. The molecule has 1 amide bonds. The Kier molecular flexibility index (Phi) is 7.93. The van der Waals surface area contributed by atoms with Gasteiger partial charge in [0.2, 0.25) is 5.91 Å². The molecule has 11 heteroatoms. The lowest BCUT2D eigenvalue weighted by Crippen LogP contribution is -2.41. The van der Waals surface area contributed by atoms with Crippen molar-refractivity contribution >= 4 is 23.2 Å². The van der Waals surface area contributed by atoms with Crippen LogP contribution in [0.3, 0.4) is 0 Å². The van der Waals surface area contributed by atoms with Crippen LogP contribution in [-0.4, -0.2) is 51.9 Å². The number of nitrogens with one attached hydrogen (secondary N) is 2. The summed E-state index contributed by atoms with van der Waals surface area (Å²) >= 11 is 1.63. The number of hydrogen-bond donors (Lipinski definition) is 4. The fourth-order valence-corrected chi connectivity index (χ4v) is 3.63. The van der Waals surface area contributed by atoms with Crippen LogP contribution in [0.5, 0.6) is 0 Å². The van der Waals surface area contributed by atoms with Gasteiger partial charge in [-0.2, -0.15) is 13.2 Å². The minimum absolute atomic E-state index is 0.0589. The van der Waals surface area contributed by atoms with Crippen LogP contribution >= 0.6 is 11.3 Å². The van der Waals surface area contributed by atoms with Crippen LogP contribution < -0.4 is 10.6 Å². The Hall–Kier alpha value is -2.50. The Morgan fingerprint density at radius 2 is 1.90 bits per heavy atom. The molecule has 1 fully saturated rings. The zero-order valence-electron chi connectivity index (χ0n) is 16.2. The standard InChI is InChI=1S/C17H21N3O2S.C2HF3O2/c1-10(20-17(22)15-7-14(21)8-18-15)12-3-5-13(6-4-12)16-11(2)19-9-23-16;3-2(4,5)1(6)7/h3-6,9-10,14-15,18,21H,7-8H2,1-2H3,(H,20,22);(H,6,7)/t10-,14?,15?;/m0./s1. The second-order valence-electron chi connectivity index (χ2n) is 6.77. The summed E-state index contributed by atoms with van der Waals surface area (Å²) in [6.45, 7) is 4.46. The van der Waals surface area contributed by atoms with Crippen LogP contribution in [-0.2, 0) is 9.59 Å². The first-order chi connectivity index (χ1) is 14.0. The van der Waals surface area contributed by atoms with Crippen molar-refractivity contribution < 1.29 is 33.0 Å². The third kappa shape index (κ3) is 6.51. The first-order valence-electron chi connectivity index (χ1n) is 9.01. The number of benzene rings is 1. The molecule has 3 atom stereocenters. The molecule has 7 nitrogen and oxygen atoms in total. The number of aliphatic hydroxyl groups excluding tert-OH is 1. The van der Waals surface area contributed by atoms with Gasteiger partial charge < -0.3 is 20.8 Å². The maximum absolute atomic E-state index is 12.2.